The van der Waals surface area contributed by atoms with E-state index in [9.17, 15) is 0 Å². The Morgan fingerprint density at radius 3 is 2.65 bits per heavy atom. The fraction of sp³-hybridized carbons (Fsp3) is 0.733. The minimum atomic E-state index is 0.201. The van der Waals surface area contributed by atoms with E-state index >= 15 is 0 Å². The van der Waals surface area contributed by atoms with E-state index in [0.29, 0.717) is 5.88 Å². The summed E-state index contributed by atoms with van der Waals surface area (Å²) in [5, 5.41) is 3.59. The third-order valence-corrected chi connectivity index (χ3v) is 3.64. The molecule has 1 saturated heterocycles. The molecule has 5 heteroatoms. The van der Waals surface area contributed by atoms with Crippen LogP contribution < -0.4 is 15.0 Å². The molecule has 0 aliphatic carbocycles. The van der Waals surface area contributed by atoms with Crippen molar-refractivity contribution >= 4 is 5.95 Å². The summed E-state index contributed by atoms with van der Waals surface area (Å²) < 4.78 is 5.16. The van der Waals surface area contributed by atoms with Crippen LogP contribution in [0.1, 0.15) is 33.6 Å². The lowest BCUT2D eigenvalue weighted by Crippen LogP contribution is -2.43. The van der Waals surface area contributed by atoms with Crippen molar-refractivity contribution in [2.45, 2.75) is 39.2 Å². The van der Waals surface area contributed by atoms with Crippen molar-refractivity contribution in [3.63, 3.8) is 0 Å². The standard InChI is InChI=1S/C15H26N4O/c1-15(2,3)17-11-12-6-9-19(10-7-12)14-16-8-5-13(18-14)20-4/h5,8,12,17H,6-7,9-11H2,1-4H3. The van der Waals surface area contributed by atoms with E-state index in [0.717, 1.165) is 31.5 Å². The fourth-order valence-electron chi connectivity index (χ4n) is 2.39. The molecule has 0 aromatic carbocycles. The molecule has 2 heterocycles. The molecule has 1 aliphatic rings. The highest BCUT2D eigenvalue weighted by Crippen LogP contribution is 2.21. The van der Waals surface area contributed by atoms with Gasteiger partial charge in [-0.15, -0.1) is 0 Å². The summed E-state index contributed by atoms with van der Waals surface area (Å²) in [5.41, 5.74) is 0.201. The number of anilines is 1. The maximum atomic E-state index is 5.16. The van der Waals surface area contributed by atoms with E-state index in [-0.39, 0.29) is 5.54 Å². The Balaban J connectivity index is 1.84. The third kappa shape index (κ3) is 4.34. The first-order valence-corrected chi connectivity index (χ1v) is 7.35. The minimum absolute atomic E-state index is 0.201. The summed E-state index contributed by atoms with van der Waals surface area (Å²) in [6.07, 6.45) is 4.13. The molecule has 1 aromatic rings. The summed E-state index contributed by atoms with van der Waals surface area (Å²) in [7, 11) is 1.64. The first-order valence-electron chi connectivity index (χ1n) is 7.35. The Morgan fingerprint density at radius 2 is 2.05 bits per heavy atom. The molecule has 0 radical (unpaired) electrons. The van der Waals surface area contributed by atoms with Gasteiger partial charge >= 0.3 is 0 Å². The molecule has 5 nitrogen and oxygen atoms in total. The topological polar surface area (TPSA) is 50.3 Å². The molecule has 0 unspecified atom stereocenters. The van der Waals surface area contributed by atoms with Crippen LogP contribution in [0.25, 0.3) is 0 Å². The number of aromatic nitrogens is 2. The highest BCUT2D eigenvalue weighted by atomic mass is 16.5. The average Bonchev–Trinajstić information content (AvgIpc) is 2.45. The summed E-state index contributed by atoms with van der Waals surface area (Å²) >= 11 is 0. The summed E-state index contributed by atoms with van der Waals surface area (Å²) in [6.45, 7) is 9.77. The van der Waals surface area contributed by atoms with Gasteiger partial charge in [-0.05, 0) is 46.1 Å². The lowest BCUT2D eigenvalue weighted by atomic mass is 9.95. The van der Waals surface area contributed by atoms with Crippen molar-refractivity contribution in [1.82, 2.24) is 15.3 Å². The van der Waals surface area contributed by atoms with Gasteiger partial charge in [0, 0.05) is 30.9 Å². The molecule has 0 atom stereocenters. The number of nitrogens with one attached hydrogen (secondary N) is 1. The smallest absolute Gasteiger partial charge is 0.228 e. The van der Waals surface area contributed by atoms with Gasteiger partial charge in [-0.2, -0.15) is 4.98 Å². The van der Waals surface area contributed by atoms with Crippen LogP contribution in [0, 0.1) is 5.92 Å². The summed E-state index contributed by atoms with van der Waals surface area (Å²) in [5.74, 6) is 2.16. The van der Waals surface area contributed by atoms with Gasteiger partial charge in [0.25, 0.3) is 0 Å². The van der Waals surface area contributed by atoms with E-state index in [1.165, 1.54) is 12.8 Å². The normalized spacial score (nSPS) is 17.3. The van der Waals surface area contributed by atoms with E-state index in [4.69, 9.17) is 4.74 Å². The maximum absolute atomic E-state index is 5.16. The Labute approximate surface area is 121 Å². The number of ether oxygens (including phenoxy) is 1. The van der Waals surface area contributed by atoms with Crippen LogP contribution in [0.3, 0.4) is 0 Å². The van der Waals surface area contributed by atoms with Crippen molar-refractivity contribution in [3.05, 3.63) is 12.3 Å². The molecule has 0 saturated carbocycles. The molecule has 0 bridgehead atoms. The second kappa shape index (κ2) is 6.39. The van der Waals surface area contributed by atoms with Gasteiger partial charge in [-0.3, -0.25) is 0 Å². The van der Waals surface area contributed by atoms with Gasteiger partial charge in [0.15, 0.2) is 0 Å². The molecule has 20 heavy (non-hydrogen) atoms. The Bertz CT molecular complexity index is 422. The number of piperidine rings is 1. The molecule has 1 N–H and O–H groups in total. The van der Waals surface area contributed by atoms with Gasteiger partial charge in [0.2, 0.25) is 11.8 Å². The molecule has 1 aromatic heterocycles. The average molecular weight is 278 g/mol. The Kier molecular flexibility index (Phi) is 4.81. The van der Waals surface area contributed by atoms with Crippen molar-refractivity contribution in [2.75, 3.05) is 31.6 Å². The maximum Gasteiger partial charge on any atom is 0.228 e. The van der Waals surface area contributed by atoms with Gasteiger partial charge in [0.05, 0.1) is 7.11 Å². The number of rotatable bonds is 4. The predicted molar refractivity (Wildman–Crippen MR) is 81.3 cm³/mol. The highest BCUT2D eigenvalue weighted by Gasteiger charge is 2.22. The number of hydrogen-bond acceptors (Lipinski definition) is 5. The van der Waals surface area contributed by atoms with Crippen LogP contribution in [-0.2, 0) is 0 Å². The van der Waals surface area contributed by atoms with E-state index in [1.54, 1.807) is 19.4 Å². The van der Waals surface area contributed by atoms with Crippen LogP contribution >= 0.6 is 0 Å². The van der Waals surface area contributed by atoms with Gasteiger partial charge in [-0.25, -0.2) is 4.98 Å². The lowest BCUT2D eigenvalue weighted by molar-refractivity contribution is 0.327. The van der Waals surface area contributed by atoms with E-state index in [1.807, 2.05) is 0 Å². The molecule has 1 aliphatic heterocycles. The minimum Gasteiger partial charge on any atom is -0.481 e. The van der Waals surface area contributed by atoms with Crippen LogP contribution in [0.4, 0.5) is 5.95 Å². The van der Waals surface area contributed by atoms with Crippen LogP contribution in [0.15, 0.2) is 12.3 Å². The Morgan fingerprint density at radius 1 is 1.35 bits per heavy atom. The fourth-order valence-corrected chi connectivity index (χ4v) is 2.39. The van der Waals surface area contributed by atoms with Crippen molar-refractivity contribution in [1.29, 1.82) is 0 Å². The van der Waals surface area contributed by atoms with E-state index in [2.05, 4.69) is 41.0 Å². The van der Waals surface area contributed by atoms with Crippen molar-refractivity contribution < 1.29 is 4.74 Å². The number of hydrogen-bond donors (Lipinski definition) is 1. The molecule has 112 valence electrons. The van der Waals surface area contributed by atoms with Gasteiger partial charge < -0.3 is 15.0 Å². The summed E-state index contributed by atoms with van der Waals surface area (Å²) in [4.78, 5) is 11.0. The highest BCUT2D eigenvalue weighted by molar-refractivity contribution is 5.32. The van der Waals surface area contributed by atoms with E-state index < -0.39 is 0 Å². The molecule has 0 amide bonds. The van der Waals surface area contributed by atoms with Crippen LogP contribution in [0.5, 0.6) is 5.88 Å². The predicted octanol–water partition coefficient (Wildman–Crippen LogP) is 2.09. The van der Waals surface area contributed by atoms with Crippen LogP contribution in [0.2, 0.25) is 0 Å². The van der Waals surface area contributed by atoms with Gasteiger partial charge in [-0.1, -0.05) is 0 Å². The van der Waals surface area contributed by atoms with Crippen LogP contribution in [-0.4, -0.2) is 42.3 Å². The Hall–Kier alpha value is -1.36. The summed E-state index contributed by atoms with van der Waals surface area (Å²) in [6, 6.07) is 1.78. The molecule has 0 spiro atoms. The second-order valence-corrected chi connectivity index (χ2v) is 6.46. The molecule has 2 rings (SSSR count). The van der Waals surface area contributed by atoms with Crippen molar-refractivity contribution in [2.24, 2.45) is 5.92 Å². The molecular weight excluding hydrogens is 252 g/mol. The first-order chi connectivity index (χ1) is 9.48. The van der Waals surface area contributed by atoms with Crippen molar-refractivity contribution in [3.8, 4) is 5.88 Å². The monoisotopic (exact) mass is 278 g/mol. The third-order valence-electron chi connectivity index (χ3n) is 3.64. The first kappa shape index (κ1) is 15.0. The number of methoxy groups -OCH3 is 1. The lowest BCUT2D eigenvalue weighted by Gasteiger charge is -2.33. The quantitative estimate of drug-likeness (QED) is 0.914. The molecular formula is C15H26N4O. The zero-order chi connectivity index (χ0) is 14.6. The SMILES string of the molecule is COc1ccnc(N2CCC(CNC(C)(C)C)CC2)n1. The number of nitrogens with zero attached hydrogens (tertiary/aromatic N) is 3. The second-order valence-electron chi connectivity index (χ2n) is 6.46. The zero-order valence-electron chi connectivity index (χ0n) is 13.0. The largest absolute Gasteiger partial charge is 0.481 e. The van der Waals surface area contributed by atoms with Gasteiger partial charge in [0.1, 0.15) is 0 Å². The zero-order valence-corrected chi connectivity index (χ0v) is 13.0. The molecule has 1 fully saturated rings.